The van der Waals surface area contributed by atoms with E-state index < -0.39 is 0 Å². The third-order valence-electron chi connectivity index (χ3n) is 9.59. The molecule has 0 aliphatic carbocycles. The van der Waals surface area contributed by atoms with Gasteiger partial charge in [0, 0.05) is 33.5 Å². The molecule has 0 unspecified atom stereocenters. The van der Waals surface area contributed by atoms with Crippen LogP contribution in [-0.2, 0) is 0 Å². The maximum atomic E-state index is 2.40. The number of aromatic nitrogens is 1. The Hall–Kier alpha value is -6.64. The summed E-state index contributed by atoms with van der Waals surface area (Å²) in [7, 11) is 0. The lowest BCUT2D eigenvalue weighted by molar-refractivity contribution is 1.18. The molecular formula is C48H34N2. The molecule has 8 aromatic carbocycles. The Balaban J connectivity index is 1.22. The molecule has 236 valence electrons. The smallest absolute Gasteiger partial charge is 0.0547 e. The molecule has 2 heteroatoms. The van der Waals surface area contributed by atoms with Crippen LogP contribution in [0.4, 0.5) is 17.1 Å². The maximum absolute atomic E-state index is 2.40. The van der Waals surface area contributed by atoms with Crippen molar-refractivity contribution in [1.82, 2.24) is 4.57 Å². The van der Waals surface area contributed by atoms with E-state index >= 15 is 0 Å². The van der Waals surface area contributed by atoms with Crippen molar-refractivity contribution < 1.29 is 0 Å². The number of rotatable bonds is 7. The molecule has 0 radical (unpaired) electrons. The highest BCUT2D eigenvalue weighted by molar-refractivity contribution is 6.11. The molecule has 1 heterocycles. The Morgan fingerprint density at radius 3 is 1.22 bits per heavy atom. The molecule has 50 heavy (non-hydrogen) atoms. The van der Waals surface area contributed by atoms with Crippen molar-refractivity contribution in [2.75, 3.05) is 4.90 Å². The summed E-state index contributed by atoms with van der Waals surface area (Å²) in [5, 5.41) is 2.44. The number of hydrogen-bond acceptors (Lipinski definition) is 1. The Labute approximate surface area is 292 Å². The average Bonchev–Trinajstić information content (AvgIpc) is 3.53. The first-order chi connectivity index (χ1) is 24.8. The molecule has 0 amide bonds. The molecule has 0 spiro atoms. The van der Waals surface area contributed by atoms with E-state index in [4.69, 9.17) is 0 Å². The SMILES string of the molecule is c1ccc(-c2ccc(N(c3ccc(-c4ccccc4)cc3)c3ccc4c(c3)c3ccc(-c5ccccc5)cc3n4-c3ccccc3)cc2)cc1. The van der Waals surface area contributed by atoms with Crippen molar-refractivity contribution in [1.29, 1.82) is 0 Å². The number of anilines is 3. The van der Waals surface area contributed by atoms with Gasteiger partial charge >= 0.3 is 0 Å². The predicted octanol–water partition coefficient (Wildman–Crippen LogP) is 13.3. The van der Waals surface area contributed by atoms with Crippen LogP contribution in [0.5, 0.6) is 0 Å². The first kappa shape index (κ1) is 29.5. The molecule has 0 bridgehead atoms. The van der Waals surface area contributed by atoms with E-state index in [1.165, 1.54) is 55.2 Å². The van der Waals surface area contributed by atoms with Gasteiger partial charge in [0.15, 0.2) is 0 Å². The van der Waals surface area contributed by atoms with Gasteiger partial charge in [-0.05, 0) is 94.0 Å². The van der Waals surface area contributed by atoms with E-state index in [0.717, 1.165) is 22.7 Å². The lowest BCUT2D eigenvalue weighted by atomic mass is 10.0. The summed E-state index contributed by atoms with van der Waals surface area (Å²) < 4.78 is 2.40. The largest absolute Gasteiger partial charge is 0.310 e. The topological polar surface area (TPSA) is 8.17 Å². The zero-order valence-corrected chi connectivity index (χ0v) is 27.5. The zero-order valence-electron chi connectivity index (χ0n) is 27.5. The Kier molecular flexibility index (Phi) is 7.53. The number of hydrogen-bond donors (Lipinski definition) is 0. The second-order valence-electron chi connectivity index (χ2n) is 12.6. The Bertz CT molecular complexity index is 2450. The Morgan fingerprint density at radius 1 is 0.280 bits per heavy atom. The first-order valence-corrected chi connectivity index (χ1v) is 17.1. The van der Waals surface area contributed by atoms with Crippen molar-refractivity contribution in [3.05, 3.63) is 206 Å². The summed E-state index contributed by atoms with van der Waals surface area (Å²) in [6, 6.07) is 74.1. The van der Waals surface area contributed by atoms with Gasteiger partial charge in [-0.3, -0.25) is 0 Å². The quantitative estimate of drug-likeness (QED) is 0.169. The van der Waals surface area contributed by atoms with E-state index in [1.807, 2.05) is 0 Å². The lowest BCUT2D eigenvalue weighted by Gasteiger charge is -2.26. The second-order valence-corrected chi connectivity index (χ2v) is 12.6. The van der Waals surface area contributed by atoms with Crippen LogP contribution in [0.3, 0.4) is 0 Å². The summed E-state index contributed by atoms with van der Waals surface area (Å²) in [4.78, 5) is 2.37. The summed E-state index contributed by atoms with van der Waals surface area (Å²) in [6.45, 7) is 0. The highest BCUT2D eigenvalue weighted by Gasteiger charge is 2.18. The minimum Gasteiger partial charge on any atom is -0.310 e. The summed E-state index contributed by atoms with van der Waals surface area (Å²) in [6.07, 6.45) is 0. The fourth-order valence-corrected chi connectivity index (χ4v) is 7.13. The van der Waals surface area contributed by atoms with E-state index in [1.54, 1.807) is 0 Å². The highest BCUT2D eigenvalue weighted by atomic mass is 15.1. The van der Waals surface area contributed by atoms with Crippen LogP contribution in [0.2, 0.25) is 0 Å². The molecule has 9 rings (SSSR count). The minimum atomic E-state index is 1.11. The maximum Gasteiger partial charge on any atom is 0.0547 e. The van der Waals surface area contributed by atoms with Crippen molar-refractivity contribution in [2.24, 2.45) is 0 Å². The van der Waals surface area contributed by atoms with E-state index in [-0.39, 0.29) is 0 Å². The number of para-hydroxylation sites is 1. The molecular weight excluding hydrogens is 605 g/mol. The standard InChI is InChI=1S/C48H34N2/c1-5-13-35(14-6-1)38-21-26-42(27-22-38)49(43-28-23-39(24-29-43)36-15-7-2-8-16-36)44-30-32-47-46(34-44)45-31-25-40(37-17-9-3-10-18-37)33-48(45)50(47)41-19-11-4-12-20-41/h1-34H. The molecule has 0 saturated heterocycles. The van der Waals surface area contributed by atoms with Gasteiger partial charge in [0.1, 0.15) is 0 Å². The molecule has 0 saturated carbocycles. The van der Waals surface area contributed by atoms with Gasteiger partial charge in [-0.25, -0.2) is 0 Å². The predicted molar refractivity (Wildman–Crippen MR) is 212 cm³/mol. The van der Waals surface area contributed by atoms with Crippen molar-refractivity contribution in [2.45, 2.75) is 0 Å². The minimum absolute atomic E-state index is 1.11. The van der Waals surface area contributed by atoms with Crippen LogP contribution >= 0.6 is 0 Å². The van der Waals surface area contributed by atoms with Gasteiger partial charge in [-0.15, -0.1) is 0 Å². The fourth-order valence-electron chi connectivity index (χ4n) is 7.13. The van der Waals surface area contributed by atoms with Crippen LogP contribution < -0.4 is 4.90 Å². The Morgan fingerprint density at radius 2 is 0.700 bits per heavy atom. The number of benzene rings is 8. The summed E-state index contributed by atoms with van der Waals surface area (Å²) in [5.74, 6) is 0. The molecule has 0 N–H and O–H groups in total. The van der Waals surface area contributed by atoms with Gasteiger partial charge < -0.3 is 9.47 Å². The third kappa shape index (κ3) is 5.43. The monoisotopic (exact) mass is 638 g/mol. The normalized spacial score (nSPS) is 11.2. The average molecular weight is 639 g/mol. The molecule has 9 aromatic rings. The number of nitrogens with zero attached hydrogens (tertiary/aromatic N) is 2. The highest BCUT2D eigenvalue weighted by Crippen LogP contribution is 2.41. The van der Waals surface area contributed by atoms with E-state index in [0.29, 0.717) is 0 Å². The van der Waals surface area contributed by atoms with Crippen LogP contribution in [0.15, 0.2) is 206 Å². The molecule has 0 atom stereocenters. The van der Waals surface area contributed by atoms with Gasteiger partial charge in [0.05, 0.1) is 11.0 Å². The van der Waals surface area contributed by atoms with Crippen molar-refractivity contribution >= 4 is 38.9 Å². The zero-order chi connectivity index (χ0) is 33.3. The summed E-state index contributed by atoms with van der Waals surface area (Å²) >= 11 is 0. The molecule has 1 aromatic heterocycles. The van der Waals surface area contributed by atoms with Crippen molar-refractivity contribution in [3.8, 4) is 39.1 Å². The molecule has 0 aliphatic heterocycles. The third-order valence-corrected chi connectivity index (χ3v) is 9.59. The van der Waals surface area contributed by atoms with E-state index in [9.17, 15) is 0 Å². The van der Waals surface area contributed by atoms with Gasteiger partial charge in [-0.2, -0.15) is 0 Å². The van der Waals surface area contributed by atoms with Crippen LogP contribution in [0, 0.1) is 0 Å². The molecule has 2 nitrogen and oxygen atoms in total. The number of fused-ring (bicyclic) bond motifs is 3. The first-order valence-electron chi connectivity index (χ1n) is 17.1. The van der Waals surface area contributed by atoms with Crippen LogP contribution in [-0.4, -0.2) is 4.57 Å². The second kappa shape index (κ2) is 12.8. The van der Waals surface area contributed by atoms with Crippen molar-refractivity contribution in [3.63, 3.8) is 0 Å². The van der Waals surface area contributed by atoms with Gasteiger partial charge in [0.25, 0.3) is 0 Å². The van der Waals surface area contributed by atoms with Crippen LogP contribution in [0.25, 0.3) is 60.9 Å². The lowest BCUT2D eigenvalue weighted by Crippen LogP contribution is -2.10. The van der Waals surface area contributed by atoms with E-state index in [2.05, 4.69) is 216 Å². The molecule has 0 fully saturated rings. The molecule has 0 aliphatic rings. The van der Waals surface area contributed by atoms with Gasteiger partial charge in [0.2, 0.25) is 0 Å². The van der Waals surface area contributed by atoms with Crippen LogP contribution in [0.1, 0.15) is 0 Å². The van der Waals surface area contributed by atoms with Gasteiger partial charge in [-0.1, -0.05) is 146 Å². The fraction of sp³-hybridized carbons (Fsp3) is 0. The summed E-state index contributed by atoms with van der Waals surface area (Å²) in [5.41, 5.74) is 14.1.